The minimum absolute atomic E-state index is 0.0205. The van der Waals surface area contributed by atoms with Crippen LogP contribution >= 0.6 is 0 Å². The number of nitrogens with one attached hydrogen (secondary N) is 1. The fourth-order valence-electron chi connectivity index (χ4n) is 4.86. The van der Waals surface area contributed by atoms with E-state index in [0.29, 0.717) is 12.0 Å². The normalized spacial score (nSPS) is 24.0. The largest absolute Gasteiger partial charge is 0.483 e. The van der Waals surface area contributed by atoms with E-state index < -0.39 is 0 Å². The van der Waals surface area contributed by atoms with Crippen LogP contribution in [-0.2, 0) is 6.42 Å². The number of H-pyrrole nitrogens is 1. The lowest BCUT2D eigenvalue weighted by molar-refractivity contribution is 0.0921. The fourth-order valence-corrected chi connectivity index (χ4v) is 4.86. The molecule has 2 aromatic carbocycles. The second kappa shape index (κ2) is 7.65. The van der Waals surface area contributed by atoms with Gasteiger partial charge in [0.05, 0.1) is 11.7 Å². The summed E-state index contributed by atoms with van der Waals surface area (Å²) in [5.41, 5.74) is 11.9. The molecule has 0 radical (unpaired) electrons. The second-order valence-electron chi connectivity index (χ2n) is 8.36. The van der Waals surface area contributed by atoms with Gasteiger partial charge in [-0.2, -0.15) is 5.10 Å². The number of rotatable bonds is 5. The maximum Gasteiger partial charge on any atom is 0.140 e. The van der Waals surface area contributed by atoms with Gasteiger partial charge in [-0.25, -0.2) is 0 Å². The SMILES string of the molecule is Cc1ccc(O[C@@H]2c3ccccc3C[C@H]2N2CC[C@H](CN)C2)c(-c2ccn[nH]2)c1. The first-order valence-electron chi connectivity index (χ1n) is 10.5. The molecule has 2 aliphatic rings. The van der Waals surface area contributed by atoms with Gasteiger partial charge in [0.1, 0.15) is 11.9 Å². The van der Waals surface area contributed by atoms with Crippen molar-refractivity contribution in [3.63, 3.8) is 0 Å². The van der Waals surface area contributed by atoms with Gasteiger partial charge in [0, 0.05) is 18.3 Å². The highest BCUT2D eigenvalue weighted by Crippen LogP contribution is 2.41. The number of nitrogens with two attached hydrogens (primary N) is 1. The summed E-state index contributed by atoms with van der Waals surface area (Å²) >= 11 is 0. The van der Waals surface area contributed by atoms with Crippen molar-refractivity contribution in [1.82, 2.24) is 15.1 Å². The summed E-state index contributed by atoms with van der Waals surface area (Å²) in [6.07, 6.45) is 4.02. The molecule has 5 rings (SSSR count). The number of hydrogen-bond acceptors (Lipinski definition) is 4. The Bertz CT molecular complexity index is 984. The molecular weight excluding hydrogens is 360 g/mol. The minimum Gasteiger partial charge on any atom is -0.483 e. The number of fused-ring (bicyclic) bond motifs is 1. The summed E-state index contributed by atoms with van der Waals surface area (Å²) < 4.78 is 6.78. The van der Waals surface area contributed by atoms with Crippen molar-refractivity contribution in [2.75, 3.05) is 19.6 Å². The number of aromatic nitrogens is 2. The average molecular weight is 389 g/mol. The lowest BCUT2D eigenvalue weighted by Crippen LogP contribution is -2.39. The Kier molecular flexibility index (Phi) is 4.86. The van der Waals surface area contributed by atoms with Crippen LogP contribution in [0.25, 0.3) is 11.3 Å². The Hall–Kier alpha value is -2.63. The Labute approximate surface area is 171 Å². The highest BCUT2D eigenvalue weighted by Gasteiger charge is 2.40. The van der Waals surface area contributed by atoms with E-state index in [1.807, 2.05) is 6.07 Å². The Morgan fingerprint density at radius 2 is 2.10 bits per heavy atom. The van der Waals surface area contributed by atoms with Crippen molar-refractivity contribution in [2.24, 2.45) is 11.7 Å². The van der Waals surface area contributed by atoms with Crippen molar-refractivity contribution in [3.8, 4) is 17.0 Å². The predicted molar refractivity (Wildman–Crippen MR) is 115 cm³/mol. The van der Waals surface area contributed by atoms with Crippen LogP contribution in [0.3, 0.4) is 0 Å². The van der Waals surface area contributed by atoms with Crippen molar-refractivity contribution in [1.29, 1.82) is 0 Å². The molecule has 0 bridgehead atoms. The molecule has 29 heavy (non-hydrogen) atoms. The second-order valence-corrected chi connectivity index (χ2v) is 8.36. The highest BCUT2D eigenvalue weighted by molar-refractivity contribution is 5.67. The quantitative estimate of drug-likeness (QED) is 0.699. The number of likely N-dealkylation sites (tertiary alicyclic amines) is 1. The van der Waals surface area contributed by atoms with Gasteiger partial charge in [-0.3, -0.25) is 10.00 Å². The standard InChI is InChI=1S/C24H28N4O/c1-16-6-7-23(20(12-16)21-8-10-26-27-21)29-24-19-5-3-2-4-18(19)13-22(24)28-11-9-17(14-25)15-28/h2-8,10,12,17,22,24H,9,11,13-15,25H2,1H3,(H,26,27)/t17-,22-,24-/m1/s1. The molecule has 0 unspecified atom stereocenters. The van der Waals surface area contributed by atoms with Crippen LogP contribution < -0.4 is 10.5 Å². The van der Waals surface area contributed by atoms with Gasteiger partial charge in [0.15, 0.2) is 0 Å². The topological polar surface area (TPSA) is 67.2 Å². The van der Waals surface area contributed by atoms with Crippen LogP contribution in [0, 0.1) is 12.8 Å². The maximum atomic E-state index is 6.78. The zero-order valence-corrected chi connectivity index (χ0v) is 16.8. The van der Waals surface area contributed by atoms with Gasteiger partial charge in [0.25, 0.3) is 0 Å². The van der Waals surface area contributed by atoms with E-state index in [2.05, 4.69) is 64.5 Å². The van der Waals surface area contributed by atoms with Crippen LogP contribution in [0.1, 0.15) is 29.2 Å². The van der Waals surface area contributed by atoms with Crippen LogP contribution in [0.5, 0.6) is 5.75 Å². The predicted octanol–water partition coefficient (Wildman–Crippen LogP) is 3.71. The van der Waals surface area contributed by atoms with Gasteiger partial charge in [-0.05, 0) is 68.1 Å². The molecule has 3 aromatic rings. The molecule has 0 saturated carbocycles. The number of ether oxygens (including phenoxy) is 1. The summed E-state index contributed by atoms with van der Waals surface area (Å²) in [5.74, 6) is 1.50. The van der Waals surface area contributed by atoms with Gasteiger partial charge < -0.3 is 10.5 Å². The third kappa shape index (κ3) is 3.45. The summed E-state index contributed by atoms with van der Waals surface area (Å²) in [7, 11) is 0. The molecule has 150 valence electrons. The lowest BCUT2D eigenvalue weighted by Gasteiger charge is -2.31. The van der Waals surface area contributed by atoms with Crippen LogP contribution in [0.2, 0.25) is 0 Å². The Balaban J connectivity index is 1.50. The molecule has 3 N–H and O–H groups in total. The molecule has 0 amide bonds. The van der Waals surface area contributed by atoms with Crippen molar-refractivity contribution in [2.45, 2.75) is 31.9 Å². The van der Waals surface area contributed by atoms with Crippen LogP contribution in [-0.4, -0.2) is 40.8 Å². The summed E-state index contributed by atoms with van der Waals surface area (Å²) in [5, 5.41) is 7.22. The van der Waals surface area contributed by atoms with Gasteiger partial charge in [-0.1, -0.05) is 35.9 Å². The molecular formula is C24H28N4O. The summed E-state index contributed by atoms with van der Waals surface area (Å²) in [6, 6.07) is 17.4. The average Bonchev–Trinajstić information content (AvgIpc) is 3.49. The van der Waals surface area contributed by atoms with E-state index >= 15 is 0 Å². The first-order valence-corrected chi connectivity index (χ1v) is 10.5. The molecule has 1 saturated heterocycles. The van der Waals surface area contributed by atoms with Gasteiger partial charge in [-0.15, -0.1) is 0 Å². The third-order valence-corrected chi connectivity index (χ3v) is 6.44. The Morgan fingerprint density at radius 1 is 1.21 bits per heavy atom. The zero-order chi connectivity index (χ0) is 19.8. The van der Waals surface area contributed by atoms with Crippen molar-refractivity contribution < 1.29 is 4.74 Å². The highest BCUT2D eigenvalue weighted by atomic mass is 16.5. The van der Waals surface area contributed by atoms with E-state index in [4.69, 9.17) is 10.5 Å². The molecule has 1 aliphatic carbocycles. The molecule has 5 nitrogen and oxygen atoms in total. The fraction of sp³-hybridized carbons (Fsp3) is 0.375. The molecule has 0 spiro atoms. The smallest absolute Gasteiger partial charge is 0.140 e. The third-order valence-electron chi connectivity index (χ3n) is 6.44. The van der Waals surface area contributed by atoms with Crippen LogP contribution in [0.15, 0.2) is 54.7 Å². The van der Waals surface area contributed by atoms with Gasteiger partial charge >= 0.3 is 0 Å². The Morgan fingerprint density at radius 3 is 2.90 bits per heavy atom. The molecule has 5 heteroatoms. The van der Waals surface area contributed by atoms with Crippen molar-refractivity contribution >= 4 is 0 Å². The number of aryl methyl sites for hydroxylation is 1. The number of benzene rings is 2. The maximum absolute atomic E-state index is 6.78. The molecule has 2 heterocycles. The number of nitrogens with zero attached hydrogens (tertiary/aromatic N) is 2. The zero-order valence-electron chi connectivity index (χ0n) is 16.8. The lowest BCUT2D eigenvalue weighted by atomic mass is 10.1. The van der Waals surface area contributed by atoms with Crippen LogP contribution in [0.4, 0.5) is 0 Å². The van der Waals surface area contributed by atoms with E-state index in [1.54, 1.807) is 6.20 Å². The van der Waals surface area contributed by atoms with E-state index in [-0.39, 0.29) is 6.10 Å². The van der Waals surface area contributed by atoms with Crippen molar-refractivity contribution in [3.05, 3.63) is 71.4 Å². The first-order chi connectivity index (χ1) is 14.2. The first kappa shape index (κ1) is 18.4. The monoisotopic (exact) mass is 388 g/mol. The summed E-state index contributed by atoms with van der Waals surface area (Å²) in [6.45, 7) is 5.04. The minimum atomic E-state index is 0.0205. The van der Waals surface area contributed by atoms with E-state index in [9.17, 15) is 0 Å². The number of aromatic amines is 1. The van der Waals surface area contributed by atoms with E-state index in [1.165, 1.54) is 23.1 Å². The molecule has 1 fully saturated rings. The van der Waals surface area contributed by atoms with Gasteiger partial charge in [0.2, 0.25) is 0 Å². The summed E-state index contributed by atoms with van der Waals surface area (Å²) in [4.78, 5) is 2.59. The van der Waals surface area contributed by atoms with E-state index in [0.717, 1.165) is 43.1 Å². The molecule has 1 aliphatic heterocycles. The molecule has 1 aromatic heterocycles. The molecule has 3 atom stereocenters. The number of hydrogen-bond donors (Lipinski definition) is 2.